The highest BCUT2D eigenvalue weighted by atomic mass is 79.9. The minimum Gasteiger partial charge on any atom is -0.432 e. The van der Waals surface area contributed by atoms with Gasteiger partial charge in [-0.25, -0.2) is 0 Å². The second-order valence-electron chi connectivity index (χ2n) is 4.13. The summed E-state index contributed by atoms with van der Waals surface area (Å²) in [6.45, 7) is 1.49. The summed E-state index contributed by atoms with van der Waals surface area (Å²) in [5.41, 5.74) is 2.13. The van der Waals surface area contributed by atoms with Gasteiger partial charge in [-0.1, -0.05) is 28.1 Å². The zero-order chi connectivity index (χ0) is 13.0. The minimum atomic E-state index is 0.642. The number of oxazole rings is 1. The van der Waals surface area contributed by atoms with E-state index in [2.05, 4.69) is 38.4 Å². The predicted octanol–water partition coefficient (Wildman–Crippen LogP) is 2.79. The van der Waals surface area contributed by atoms with Crippen LogP contribution in [0.3, 0.4) is 0 Å². The van der Waals surface area contributed by atoms with E-state index in [9.17, 15) is 0 Å². The van der Waals surface area contributed by atoms with Crippen LogP contribution in [-0.4, -0.2) is 19.1 Å². The number of rotatable bonds is 5. The molecule has 0 amide bonds. The highest BCUT2D eigenvalue weighted by Crippen LogP contribution is 2.16. The summed E-state index contributed by atoms with van der Waals surface area (Å²) in [5.74, 6) is 0. The highest BCUT2D eigenvalue weighted by molar-refractivity contribution is 9.10. The number of nitrogens with one attached hydrogen (secondary N) is 1. The van der Waals surface area contributed by atoms with E-state index in [-0.39, 0.29) is 0 Å². The summed E-state index contributed by atoms with van der Waals surface area (Å²) in [5, 5.41) is 3.05. The third-order valence-corrected chi connectivity index (χ3v) is 3.09. The Morgan fingerprint density at radius 3 is 2.72 bits per heavy atom. The quantitative estimate of drug-likeness (QED) is 0.922. The Bertz CT molecular complexity index is 495. The van der Waals surface area contributed by atoms with E-state index >= 15 is 0 Å². The molecule has 2 aromatic rings. The van der Waals surface area contributed by atoms with Gasteiger partial charge in [0.2, 0.25) is 0 Å². The molecule has 96 valence electrons. The van der Waals surface area contributed by atoms with Crippen molar-refractivity contribution in [3.8, 4) is 0 Å². The SMILES string of the molecule is CNCc1coc(N(C)Cc2ccc(Br)cc2)n1. The lowest BCUT2D eigenvalue weighted by molar-refractivity contribution is 0.543. The number of halogens is 1. The fourth-order valence-electron chi connectivity index (χ4n) is 1.67. The Kier molecular flexibility index (Phi) is 4.38. The van der Waals surface area contributed by atoms with Crippen LogP contribution in [0.15, 0.2) is 39.4 Å². The number of aromatic nitrogens is 1. The molecular formula is C13H16BrN3O. The summed E-state index contributed by atoms with van der Waals surface area (Å²) in [7, 11) is 3.86. The molecule has 5 heteroatoms. The van der Waals surface area contributed by atoms with Gasteiger partial charge in [0.1, 0.15) is 6.26 Å². The molecule has 0 saturated heterocycles. The van der Waals surface area contributed by atoms with Gasteiger partial charge >= 0.3 is 0 Å². The van der Waals surface area contributed by atoms with Crippen LogP contribution in [0.2, 0.25) is 0 Å². The van der Waals surface area contributed by atoms with Crippen LogP contribution in [0.4, 0.5) is 6.01 Å². The van der Waals surface area contributed by atoms with E-state index in [0.29, 0.717) is 6.01 Å². The van der Waals surface area contributed by atoms with Crippen LogP contribution in [0, 0.1) is 0 Å². The van der Waals surface area contributed by atoms with Crippen LogP contribution in [0.5, 0.6) is 0 Å². The molecule has 18 heavy (non-hydrogen) atoms. The maximum Gasteiger partial charge on any atom is 0.297 e. The van der Waals surface area contributed by atoms with E-state index in [1.54, 1.807) is 6.26 Å². The topological polar surface area (TPSA) is 41.3 Å². The standard InChI is InChI=1S/C13H16BrN3O/c1-15-7-12-9-18-13(16-12)17(2)8-10-3-5-11(14)6-4-10/h3-6,9,15H,7-8H2,1-2H3. The maximum absolute atomic E-state index is 5.44. The van der Waals surface area contributed by atoms with Crippen LogP contribution in [0.25, 0.3) is 0 Å². The molecule has 1 N–H and O–H groups in total. The molecule has 0 atom stereocenters. The van der Waals surface area contributed by atoms with Crippen molar-refractivity contribution in [1.29, 1.82) is 0 Å². The lowest BCUT2D eigenvalue weighted by Gasteiger charge is -2.14. The zero-order valence-corrected chi connectivity index (χ0v) is 12.1. The van der Waals surface area contributed by atoms with Gasteiger partial charge in [0.05, 0.1) is 5.69 Å². The van der Waals surface area contributed by atoms with Gasteiger partial charge in [-0.05, 0) is 24.7 Å². The summed E-state index contributed by atoms with van der Waals surface area (Å²) in [6, 6.07) is 8.87. The Morgan fingerprint density at radius 2 is 2.06 bits per heavy atom. The first kappa shape index (κ1) is 13.1. The molecule has 0 bridgehead atoms. The summed E-state index contributed by atoms with van der Waals surface area (Å²) >= 11 is 3.43. The van der Waals surface area contributed by atoms with Crippen molar-refractivity contribution in [1.82, 2.24) is 10.3 Å². The van der Waals surface area contributed by atoms with Gasteiger partial charge in [0.15, 0.2) is 0 Å². The summed E-state index contributed by atoms with van der Waals surface area (Å²) in [6.07, 6.45) is 1.68. The fraction of sp³-hybridized carbons (Fsp3) is 0.308. The smallest absolute Gasteiger partial charge is 0.297 e. The van der Waals surface area contributed by atoms with Crippen LogP contribution in [-0.2, 0) is 13.1 Å². The molecule has 0 aliphatic carbocycles. The molecule has 0 radical (unpaired) electrons. The second kappa shape index (κ2) is 6.02. The Morgan fingerprint density at radius 1 is 1.33 bits per heavy atom. The first-order valence-electron chi connectivity index (χ1n) is 5.73. The van der Waals surface area contributed by atoms with Crippen molar-refractivity contribution in [3.63, 3.8) is 0 Å². The molecule has 1 aromatic heterocycles. The normalized spacial score (nSPS) is 10.6. The summed E-state index contributed by atoms with van der Waals surface area (Å²) in [4.78, 5) is 6.39. The van der Waals surface area contributed by atoms with Crippen LogP contribution in [0.1, 0.15) is 11.3 Å². The van der Waals surface area contributed by atoms with Gasteiger partial charge in [-0.2, -0.15) is 4.98 Å². The molecule has 1 aromatic carbocycles. The molecule has 0 spiro atoms. The van der Waals surface area contributed by atoms with Gasteiger partial charge in [0, 0.05) is 24.6 Å². The molecule has 0 saturated carbocycles. The third kappa shape index (κ3) is 3.34. The maximum atomic E-state index is 5.44. The Labute approximate surface area is 115 Å². The van der Waals surface area contributed by atoms with Gasteiger partial charge in [-0.15, -0.1) is 0 Å². The molecule has 0 aliphatic heterocycles. The van der Waals surface area contributed by atoms with E-state index in [1.165, 1.54) is 5.56 Å². The van der Waals surface area contributed by atoms with E-state index in [4.69, 9.17) is 4.42 Å². The number of hydrogen-bond acceptors (Lipinski definition) is 4. The summed E-state index contributed by atoms with van der Waals surface area (Å²) < 4.78 is 6.53. The average molecular weight is 310 g/mol. The number of nitrogens with zero attached hydrogens (tertiary/aromatic N) is 2. The minimum absolute atomic E-state index is 0.642. The van der Waals surface area contributed by atoms with Crippen molar-refractivity contribution in [2.45, 2.75) is 13.1 Å². The first-order valence-corrected chi connectivity index (χ1v) is 6.53. The van der Waals surface area contributed by atoms with Crippen molar-refractivity contribution in [3.05, 3.63) is 46.3 Å². The van der Waals surface area contributed by atoms with Crippen LogP contribution < -0.4 is 10.2 Å². The van der Waals surface area contributed by atoms with Crippen LogP contribution >= 0.6 is 15.9 Å². The molecule has 0 aliphatic rings. The Hall–Kier alpha value is -1.33. The van der Waals surface area contributed by atoms with Gasteiger partial charge < -0.3 is 14.6 Å². The number of hydrogen-bond donors (Lipinski definition) is 1. The number of anilines is 1. The van der Waals surface area contributed by atoms with Crippen molar-refractivity contribution >= 4 is 21.9 Å². The zero-order valence-electron chi connectivity index (χ0n) is 10.5. The second-order valence-corrected chi connectivity index (χ2v) is 5.05. The highest BCUT2D eigenvalue weighted by Gasteiger charge is 2.09. The number of benzene rings is 1. The van der Waals surface area contributed by atoms with Gasteiger partial charge in [0.25, 0.3) is 6.01 Å². The molecule has 1 heterocycles. The predicted molar refractivity (Wildman–Crippen MR) is 75.5 cm³/mol. The fourth-order valence-corrected chi connectivity index (χ4v) is 1.93. The van der Waals surface area contributed by atoms with Gasteiger partial charge in [-0.3, -0.25) is 0 Å². The Balaban J connectivity index is 2.02. The largest absolute Gasteiger partial charge is 0.432 e. The lowest BCUT2D eigenvalue weighted by atomic mass is 10.2. The third-order valence-electron chi connectivity index (χ3n) is 2.56. The first-order chi connectivity index (χ1) is 8.69. The monoisotopic (exact) mass is 309 g/mol. The molecule has 0 unspecified atom stereocenters. The molecular weight excluding hydrogens is 294 g/mol. The van der Waals surface area contributed by atoms with Crippen molar-refractivity contribution in [2.24, 2.45) is 0 Å². The average Bonchev–Trinajstić information content (AvgIpc) is 2.81. The van der Waals surface area contributed by atoms with E-state index < -0.39 is 0 Å². The van der Waals surface area contributed by atoms with E-state index in [0.717, 1.165) is 23.3 Å². The lowest BCUT2D eigenvalue weighted by Crippen LogP contribution is -2.17. The molecule has 4 nitrogen and oxygen atoms in total. The van der Waals surface area contributed by atoms with Crippen molar-refractivity contribution in [2.75, 3.05) is 19.0 Å². The molecule has 2 rings (SSSR count). The van der Waals surface area contributed by atoms with E-state index in [1.807, 2.05) is 31.1 Å². The molecule has 0 fully saturated rings. The van der Waals surface area contributed by atoms with Crippen molar-refractivity contribution < 1.29 is 4.42 Å².